The van der Waals surface area contributed by atoms with E-state index in [0.717, 1.165) is 5.39 Å². The monoisotopic (exact) mass is 247 g/mol. The fraction of sp³-hybridized carbons (Fsp3) is 0.231. The van der Waals surface area contributed by atoms with Crippen molar-refractivity contribution in [1.82, 2.24) is 4.57 Å². The van der Waals surface area contributed by atoms with Gasteiger partial charge >= 0.3 is 5.97 Å². The molecule has 0 spiro atoms. The van der Waals surface area contributed by atoms with Gasteiger partial charge in [0.25, 0.3) is 0 Å². The van der Waals surface area contributed by atoms with Crippen LogP contribution in [0.1, 0.15) is 24.1 Å². The number of nitrogens with zero attached hydrogens (tertiary/aromatic N) is 1. The minimum atomic E-state index is -0.898. The third-order valence-electron chi connectivity index (χ3n) is 2.72. The van der Waals surface area contributed by atoms with Crippen molar-refractivity contribution in [3.63, 3.8) is 0 Å². The number of aromatic nitrogens is 1. The zero-order valence-corrected chi connectivity index (χ0v) is 9.67. The molecule has 2 N–H and O–H groups in total. The molecular formula is C13H13NO4. The molecule has 0 aliphatic rings. The van der Waals surface area contributed by atoms with Crippen LogP contribution in [0.25, 0.3) is 10.9 Å². The number of hydrogen-bond acceptors (Lipinski definition) is 3. The Morgan fingerprint density at radius 2 is 1.94 bits per heavy atom. The number of aromatic hydroxyl groups is 1. The number of carboxylic acids is 1. The van der Waals surface area contributed by atoms with Gasteiger partial charge in [0.05, 0.1) is 5.52 Å². The molecule has 5 nitrogen and oxygen atoms in total. The van der Waals surface area contributed by atoms with E-state index < -0.39 is 5.97 Å². The largest absolute Gasteiger partial charge is 0.508 e. The van der Waals surface area contributed by atoms with Gasteiger partial charge in [-0.15, -0.1) is 0 Å². The summed E-state index contributed by atoms with van der Waals surface area (Å²) in [5, 5.41) is 18.6. The zero-order chi connectivity index (χ0) is 13.1. The van der Waals surface area contributed by atoms with Crippen LogP contribution in [0.5, 0.6) is 5.75 Å². The van der Waals surface area contributed by atoms with Crippen molar-refractivity contribution in [2.45, 2.75) is 19.3 Å². The summed E-state index contributed by atoms with van der Waals surface area (Å²) in [6.45, 7) is 0. The van der Waals surface area contributed by atoms with Crippen LogP contribution < -0.4 is 0 Å². The predicted molar refractivity (Wildman–Crippen MR) is 65.7 cm³/mol. The number of aliphatic carboxylic acids is 1. The van der Waals surface area contributed by atoms with E-state index in [9.17, 15) is 14.7 Å². The molecule has 0 saturated carbocycles. The van der Waals surface area contributed by atoms with Crippen molar-refractivity contribution in [2.24, 2.45) is 0 Å². The van der Waals surface area contributed by atoms with Gasteiger partial charge < -0.3 is 10.2 Å². The molecule has 0 fully saturated rings. The van der Waals surface area contributed by atoms with Crippen LogP contribution in [0.2, 0.25) is 0 Å². The van der Waals surface area contributed by atoms with Crippen molar-refractivity contribution in [2.75, 3.05) is 0 Å². The Kier molecular flexibility index (Phi) is 3.32. The van der Waals surface area contributed by atoms with Crippen molar-refractivity contribution >= 4 is 22.8 Å². The lowest BCUT2D eigenvalue weighted by Gasteiger charge is -2.03. The first-order chi connectivity index (χ1) is 8.58. The van der Waals surface area contributed by atoms with E-state index in [2.05, 4.69) is 0 Å². The summed E-state index contributed by atoms with van der Waals surface area (Å²) in [6, 6.07) is 6.50. The van der Waals surface area contributed by atoms with Crippen molar-refractivity contribution in [3.05, 3.63) is 30.5 Å². The van der Waals surface area contributed by atoms with E-state index >= 15 is 0 Å². The topological polar surface area (TPSA) is 79.5 Å². The lowest BCUT2D eigenvalue weighted by molar-refractivity contribution is -0.137. The first-order valence-corrected chi connectivity index (χ1v) is 5.63. The van der Waals surface area contributed by atoms with Crippen LogP contribution in [-0.4, -0.2) is 26.7 Å². The number of benzene rings is 1. The zero-order valence-electron chi connectivity index (χ0n) is 9.67. The number of carbonyl (C=O) groups is 2. The summed E-state index contributed by atoms with van der Waals surface area (Å²) in [7, 11) is 0. The molecule has 0 radical (unpaired) electrons. The maximum atomic E-state index is 11.9. The second-order valence-corrected chi connectivity index (χ2v) is 4.07. The molecule has 5 heteroatoms. The summed E-state index contributed by atoms with van der Waals surface area (Å²) in [5.41, 5.74) is 0.716. The molecule has 0 unspecified atom stereocenters. The average Bonchev–Trinajstić information content (AvgIpc) is 2.71. The number of hydrogen-bond donors (Lipinski definition) is 2. The summed E-state index contributed by atoms with van der Waals surface area (Å²) in [5.74, 6) is -0.888. The highest BCUT2D eigenvalue weighted by molar-refractivity contribution is 5.93. The van der Waals surface area contributed by atoms with Crippen molar-refractivity contribution < 1.29 is 19.8 Å². The first kappa shape index (κ1) is 12.2. The van der Waals surface area contributed by atoms with Crippen LogP contribution in [0, 0.1) is 0 Å². The predicted octanol–water partition coefficient (Wildman–Crippen LogP) is 2.24. The lowest BCUT2D eigenvalue weighted by atomic mass is 10.2. The first-order valence-electron chi connectivity index (χ1n) is 5.63. The van der Waals surface area contributed by atoms with Gasteiger partial charge in [0.1, 0.15) is 5.75 Å². The Bertz CT molecular complexity index is 600. The highest BCUT2D eigenvalue weighted by Gasteiger charge is 2.09. The van der Waals surface area contributed by atoms with Gasteiger partial charge in [-0.3, -0.25) is 14.2 Å². The Balaban J connectivity index is 2.15. The number of phenols is 1. The number of fused-ring (bicyclic) bond motifs is 1. The molecule has 2 rings (SSSR count). The molecule has 2 aromatic rings. The maximum Gasteiger partial charge on any atom is 0.303 e. The van der Waals surface area contributed by atoms with Gasteiger partial charge in [-0.25, -0.2) is 0 Å². The third kappa shape index (κ3) is 2.51. The van der Waals surface area contributed by atoms with E-state index in [1.165, 1.54) is 10.6 Å². The van der Waals surface area contributed by atoms with E-state index in [0.29, 0.717) is 11.9 Å². The smallest absolute Gasteiger partial charge is 0.303 e. The van der Waals surface area contributed by atoms with Crippen LogP contribution in [-0.2, 0) is 4.79 Å². The molecule has 18 heavy (non-hydrogen) atoms. The number of phenolic OH excluding ortho intramolecular Hbond substituents is 1. The third-order valence-corrected chi connectivity index (χ3v) is 2.72. The minimum Gasteiger partial charge on any atom is -0.508 e. The number of carbonyl (C=O) groups excluding carboxylic acids is 1. The SMILES string of the molecule is O=C(O)CCCC(=O)n1ccc2cc(O)ccc21. The van der Waals surface area contributed by atoms with Gasteiger partial charge in [-0.1, -0.05) is 0 Å². The molecule has 0 atom stereocenters. The Morgan fingerprint density at radius 3 is 2.67 bits per heavy atom. The highest BCUT2D eigenvalue weighted by atomic mass is 16.4. The van der Waals surface area contributed by atoms with Crippen molar-refractivity contribution in [3.8, 4) is 5.75 Å². The van der Waals surface area contributed by atoms with Crippen LogP contribution >= 0.6 is 0 Å². The molecule has 0 amide bonds. The summed E-state index contributed by atoms with van der Waals surface area (Å²) in [4.78, 5) is 22.3. The number of carboxylic acid groups (broad SMARTS) is 1. The average molecular weight is 247 g/mol. The molecular weight excluding hydrogens is 234 g/mol. The van der Waals surface area contributed by atoms with E-state index in [4.69, 9.17) is 5.11 Å². The fourth-order valence-electron chi connectivity index (χ4n) is 1.86. The molecule has 0 aliphatic carbocycles. The minimum absolute atomic E-state index is 0.00821. The Labute approximate surface area is 103 Å². The second-order valence-electron chi connectivity index (χ2n) is 4.07. The Hall–Kier alpha value is -2.30. The van der Waals surface area contributed by atoms with Crippen LogP contribution in [0.4, 0.5) is 0 Å². The fourth-order valence-corrected chi connectivity index (χ4v) is 1.86. The van der Waals surface area contributed by atoms with Gasteiger partial charge in [0.2, 0.25) is 5.91 Å². The second kappa shape index (κ2) is 4.91. The van der Waals surface area contributed by atoms with E-state index in [-0.39, 0.29) is 24.5 Å². The van der Waals surface area contributed by atoms with Gasteiger partial charge in [-0.05, 0) is 30.7 Å². The molecule has 0 saturated heterocycles. The molecule has 1 aromatic carbocycles. The maximum absolute atomic E-state index is 11.9. The van der Waals surface area contributed by atoms with Gasteiger partial charge in [-0.2, -0.15) is 0 Å². The van der Waals surface area contributed by atoms with Crippen LogP contribution in [0.3, 0.4) is 0 Å². The van der Waals surface area contributed by atoms with E-state index in [1.54, 1.807) is 24.4 Å². The molecule has 94 valence electrons. The van der Waals surface area contributed by atoms with E-state index in [1.807, 2.05) is 0 Å². The Morgan fingerprint density at radius 1 is 1.17 bits per heavy atom. The lowest BCUT2D eigenvalue weighted by Crippen LogP contribution is -2.09. The highest BCUT2D eigenvalue weighted by Crippen LogP contribution is 2.21. The normalized spacial score (nSPS) is 10.7. The summed E-state index contributed by atoms with van der Waals surface area (Å²) < 4.78 is 1.48. The quantitative estimate of drug-likeness (QED) is 0.868. The molecule has 1 aromatic heterocycles. The molecule has 0 bridgehead atoms. The summed E-state index contributed by atoms with van der Waals surface area (Å²) in [6.07, 6.45) is 2.14. The van der Waals surface area contributed by atoms with Gasteiger partial charge in [0.15, 0.2) is 0 Å². The molecule has 1 heterocycles. The summed E-state index contributed by atoms with van der Waals surface area (Å²) >= 11 is 0. The molecule has 0 aliphatic heterocycles. The van der Waals surface area contributed by atoms with Crippen molar-refractivity contribution in [1.29, 1.82) is 0 Å². The number of rotatable bonds is 4. The van der Waals surface area contributed by atoms with Crippen LogP contribution in [0.15, 0.2) is 30.5 Å². The van der Waals surface area contributed by atoms with Gasteiger partial charge in [0, 0.05) is 24.4 Å². The standard InChI is InChI=1S/C13H13NO4/c15-10-4-5-11-9(8-10)6-7-14(11)12(16)2-1-3-13(17)18/h4-8,15H,1-3H2,(H,17,18).